The molecule has 9 heteroatoms. The Balaban J connectivity index is 1.39. The van der Waals surface area contributed by atoms with Crippen molar-refractivity contribution in [1.29, 1.82) is 5.26 Å². The third-order valence-electron chi connectivity index (χ3n) is 6.93. The highest BCUT2D eigenvalue weighted by molar-refractivity contribution is 7.98. The van der Waals surface area contributed by atoms with Crippen LogP contribution in [0.25, 0.3) is 0 Å². The van der Waals surface area contributed by atoms with Crippen LogP contribution in [0, 0.1) is 24.2 Å². The van der Waals surface area contributed by atoms with Crippen LogP contribution in [-0.4, -0.2) is 24.2 Å². The lowest BCUT2D eigenvalue weighted by Crippen LogP contribution is -2.20. The Morgan fingerprint density at radius 1 is 1.25 bits per heavy atom. The number of hydrogen-bond acceptors (Lipinski definition) is 6. The minimum atomic E-state index is -2.73. The lowest BCUT2D eigenvalue weighted by atomic mass is 9.86. The molecule has 2 atom stereocenters. The predicted molar refractivity (Wildman–Crippen MR) is 153 cm³/mol. The predicted octanol–water partition coefficient (Wildman–Crippen LogP) is 7.05. The molecule has 1 heterocycles. The Kier molecular flexibility index (Phi) is 8.89. The van der Waals surface area contributed by atoms with E-state index in [0.717, 1.165) is 23.1 Å². The lowest BCUT2D eigenvalue weighted by molar-refractivity contribution is -0.122. The van der Waals surface area contributed by atoms with Crippen molar-refractivity contribution in [3.05, 3.63) is 87.6 Å². The zero-order valence-corrected chi connectivity index (χ0v) is 24.0. The van der Waals surface area contributed by atoms with Crippen molar-refractivity contribution >= 4 is 23.9 Å². The maximum absolute atomic E-state index is 13.3. The van der Waals surface area contributed by atoms with Crippen molar-refractivity contribution in [1.82, 2.24) is 10.4 Å². The molecule has 6 nitrogen and oxygen atoms in total. The van der Waals surface area contributed by atoms with Crippen LogP contribution in [0.4, 0.5) is 8.78 Å². The van der Waals surface area contributed by atoms with Crippen molar-refractivity contribution in [2.24, 2.45) is 11.0 Å². The number of carbonyl (C=O) groups is 1. The van der Waals surface area contributed by atoms with E-state index in [1.54, 1.807) is 32.4 Å². The van der Waals surface area contributed by atoms with E-state index in [0.29, 0.717) is 17.1 Å². The zero-order chi connectivity index (χ0) is 29.0. The van der Waals surface area contributed by atoms with E-state index < -0.39 is 6.43 Å². The maximum Gasteiger partial charge on any atom is 0.280 e. The number of ether oxygens (including phenoxy) is 1. The van der Waals surface area contributed by atoms with Gasteiger partial charge in [-0.25, -0.2) is 19.2 Å². The number of alkyl halides is 2. The SMILES string of the molecule is COc1ccc(/C=N/NC(=O)[C@@H]2C[C@@H]2c2ccc(C(C)(C)C)cc2)cc1CSc1nc(C(F)F)cc(C)c1C#N. The topological polar surface area (TPSA) is 87.4 Å². The van der Waals surface area contributed by atoms with Gasteiger partial charge in [-0.2, -0.15) is 10.4 Å². The van der Waals surface area contributed by atoms with Crippen LogP contribution >= 0.6 is 11.8 Å². The molecule has 0 aliphatic heterocycles. The van der Waals surface area contributed by atoms with E-state index in [9.17, 15) is 18.8 Å². The fourth-order valence-corrected chi connectivity index (χ4v) is 5.53. The smallest absolute Gasteiger partial charge is 0.280 e. The van der Waals surface area contributed by atoms with E-state index in [1.165, 1.54) is 23.4 Å². The van der Waals surface area contributed by atoms with Gasteiger partial charge in [-0.15, -0.1) is 11.8 Å². The van der Waals surface area contributed by atoms with Crippen LogP contribution in [0.3, 0.4) is 0 Å². The minimum absolute atomic E-state index is 0.0858. The van der Waals surface area contributed by atoms with Gasteiger partial charge in [-0.3, -0.25) is 4.79 Å². The first kappa shape index (κ1) is 29.2. The van der Waals surface area contributed by atoms with Gasteiger partial charge in [0.25, 0.3) is 6.43 Å². The normalized spacial score (nSPS) is 16.7. The second-order valence-corrected chi connectivity index (χ2v) is 11.8. The summed E-state index contributed by atoms with van der Waals surface area (Å²) < 4.78 is 32.0. The Morgan fingerprint density at radius 3 is 2.60 bits per heavy atom. The van der Waals surface area contributed by atoms with Crippen molar-refractivity contribution in [3.63, 3.8) is 0 Å². The summed E-state index contributed by atoms with van der Waals surface area (Å²) in [7, 11) is 1.54. The van der Waals surface area contributed by atoms with Crippen LogP contribution < -0.4 is 10.2 Å². The molecule has 1 aliphatic carbocycles. The number of hydrogen-bond donors (Lipinski definition) is 1. The van der Waals surface area contributed by atoms with Crippen molar-refractivity contribution in [2.75, 3.05) is 7.11 Å². The minimum Gasteiger partial charge on any atom is -0.496 e. The molecule has 1 amide bonds. The largest absolute Gasteiger partial charge is 0.496 e. The highest BCUT2D eigenvalue weighted by atomic mass is 32.2. The van der Waals surface area contributed by atoms with E-state index in [1.807, 2.05) is 6.07 Å². The van der Waals surface area contributed by atoms with E-state index in [2.05, 4.69) is 66.6 Å². The fourth-order valence-electron chi connectivity index (χ4n) is 4.49. The standard InChI is InChI=1S/C31H32F2N4O2S/c1-18-12-26(28(32)33)36-30(25(18)15-34)40-17-21-13-19(6-11-27(21)39-5)16-35-37-29(38)24-14-23(24)20-7-9-22(10-8-20)31(2,3)4/h6-13,16,23-24,28H,14,17H2,1-5H3,(H,37,38)/b35-16+/t23-,24-/m1/s1. The second-order valence-electron chi connectivity index (χ2n) is 10.9. The van der Waals surface area contributed by atoms with Gasteiger partial charge >= 0.3 is 0 Å². The summed E-state index contributed by atoms with van der Waals surface area (Å²) >= 11 is 1.19. The number of nitriles is 1. The molecule has 1 aliphatic rings. The molecule has 40 heavy (non-hydrogen) atoms. The summed E-state index contributed by atoms with van der Waals surface area (Å²) in [6.07, 6.45) is -0.373. The fraction of sp³-hybridized carbons (Fsp3) is 0.355. The molecular weight excluding hydrogens is 530 g/mol. The van der Waals surface area contributed by atoms with E-state index in [-0.39, 0.29) is 39.4 Å². The van der Waals surface area contributed by atoms with Crippen molar-refractivity contribution in [3.8, 4) is 11.8 Å². The Labute approximate surface area is 237 Å². The Morgan fingerprint density at radius 2 is 1.98 bits per heavy atom. The van der Waals surface area contributed by atoms with Gasteiger partial charge in [0.1, 0.15) is 22.5 Å². The first-order chi connectivity index (χ1) is 19.0. The molecule has 3 aromatic rings. The maximum atomic E-state index is 13.3. The number of aryl methyl sites for hydroxylation is 1. The van der Waals surface area contributed by atoms with Gasteiger partial charge in [0.05, 0.1) is 18.9 Å². The number of benzene rings is 2. The summed E-state index contributed by atoms with van der Waals surface area (Å²) in [4.78, 5) is 16.7. The number of halogens is 2. The number of aromatic nitrogens is 1. The van der Waals surface area contributed by atoms with Crippen LogP contribution in [0.1, 0.15) is 78.6 Å². The molecule has 1 saturated carbocycles. The molecule has 0 bridgehead atoms. The summed E-state index contributed by atoms with van der Waals surface area (Å²) in [5.74, 6) is 0.924. The average Bonchev–Trinajstić information content (AvgIpc) is 3.72. The number of carbonyl (C=O) groups excluding carboxylic acids is 1. The van der Waals surface area contributed by atoms with Gasteiger partial charge < -0.3 is 4.74 Å². The summed E-state index contributed by atoms with van der Waals surface area (Å²) in [5.41, 5.74) is 7.04. The molecule has 4 rings (SSSR count). The third kappa shape index (κ3) is 6.86. The molecule has 208 valence electrons. The number of nitrogens with zero attached hydrogens (tertiary/aromatic N) is 3. The Hall–Kier alpha value is -3.77. The first-order valence-corrected chi connectivity index (χ1v) is 13.9. The van der Waals surface area contributed by atoms with Crippen LogP contribution in [0.5, 0.6) is 5.75 Å². The number of rotatable bonds is 9. The molecule has 1 fully saturated rings. The molecule has 1 N–H and O–H groups in total. The van der Waals surface area contributed by atoms with Crippen molar-refractivity contribution in [2.45, 2.75) is 62.7 Å². The monoisotopic (exact) mass is 562 g/mol. The number of pyridine rings is 1. The first-order valence-electron chi connectivity index (χ1n) is 12.9. The van der Waals surface area contributed by atoms with Gasteiger partial charge in [-0.1, -0.05) is 45.0 Å². The zero-order valence-electron chi connectivity index (χ0n) is 23.2. The number of hydrazone groups is 1. The molecular formula is C31H32F2N4O2S. The molecule has 0 unspecified atom stereocenters. The third-order valence-corrected chi connectivity index (χ3v) is 7.95. The summed E-state index contributed by atoms with van der Waals surface area (Å²) in [5, 5.41) is 13.9. The van der Waals surface area contributed by atoms with Crippen LogP contribution in [0.15, 0.2) is 58.7 Å². The lowest BCUT2D eigenvalue weighted by Gasteiger charge is -2.19. The van der Waals surface area contributed by atoms with Crippen molar-refractivity contribution < 1.29 is 18.3 Å². The van der Waals surface area contributed by atoms with Gasteiger partial charge in [0, 0.05) is 17.2 Å². The van der Waals surface area contributed by atoms with Crippen LogP contribution in [-0.2, 0) is 16.0 Å². The second kappa shape index (κ2) is 12.2. The molecule has 0 radical (unpaired) electrons. The molecule has 0 spiro atoms. The summed E-state index contributed by atoms with van der Waals surface area (Å²) in [6.45, 7) is 8.15. The number of methoxy groups -OCH3 is 1. The molecule has 2 aromatic carbocycles. The highest BCUT2D eigenvalue weighted by Crippen LogP contribution is 2.47. The highest BCUT2D eigenvalue weighted by Gasteiger charge is 2.44. The van der Waals surface area contributed by atoms with Gasteiger partial charge in [-0.05, 0) is 71.2 Å². The quantitative estimate of drug-likeness (QED) is 0.172. The van der Waals surface area contributed by atoms with Gasteiger partial charge in [0.15, 0.2) is 0 Å². The van der Waals surface area contributed by atoms with E-state index in [4.69, 9.17) is 4.74 Å². The number of thioether (sulfide) groups is 1. The number of nitrogens with one attached hydrogen (secondary N) is 1. The molecule has 1 aromatic heterocycles. The molecule has 0 saturated heterocycles. The van der Waals surface area contributed by atoms with Crippen LogP contribution in [0.2, 0.25) is 0 Å². The Bertz CT molecular complexity index is 1460. The number of amides is 1. The summed E-state index contributed by atoms with van der Waals surface area (Å²) in [6, 6.07) is 17.2. The van der Waals surface area contributed by atoms with E-state index >= 15 is 0 Å². The van der Waals surface area contributed by atoms with Gasteiger partial charge in [0.2, 0.25) is 5.91 Å². The average molecular weight is 563 g/mol.